The smallest absolute Gasteiger partial charge is 0.150 e. The maximum atomic E-state index is 5.94. The highest BCUT2D eigenvalue weighted by molar-refractivity contribution is 5.57. The average molecular weight is 271 g/mol. The molecule has 0 radical (unpaired) electrons. The Labute approximate surface area is 120 Å². The summed E-state index contributed by atoms with van der Waals surface area (Å²) in [5, 5.41) is 0. The van der Waals surface area contributed by atoms with Gasteiger partial charge in [-0.3, -0.25) is 0 Å². The molecule has 2 aromatic carbocycles. The maximum absolute atomic E-state index is 5.94. The summed E-state index contributed by atoms with van der Waals surface area (Å²) in [5.74, 6) is 2.17. The van der Waals surface area contributed by atoms with Crippen molar-refractivity contribution in [1.29, 1.82) is 0 Å². The molecule has 0 aliphatic rings. The van der Waals surface area contributed by atoms with Crippen molar-refractivity contribution < 1.29 is 9.47 Å². The normalized spacial score (nSPS) is 10.3. The van der Waals surface area contributed by atoms with Gasteiger partial charge in [0.25, 0.3) is 0 Å². The van der Waals surface area contributed by atoms with E-state index in [0.717, 1.165) is 17.9 Å². The molecule has 0 aromatic heterocycles. The quantitative estimate of drug-likeness (QED) is 0.791. The molecule has 0 heterocycles. The van der Waals surface area contributed by atoms with Gasteiger partial charge in [-0.05, 0) is 42.7 Å². The van der Waals surface area contributed by atoms with Crippen LogP contribution in [-0.2, 0) is 6.42 Å². The van der Waals surface area contributed by atoms with E-state index < -0.39 is 0 Å². The molecule has 0 saturated heterocycles. The van der Waals surface area contributed by atoms with Crippen LogP contribution in [0.2, 0.25) is 0 Å². The number of aryl methyl sites for hydroxylation is 1. The Morgan fingerprint density at radius 1 is 1.00 bits per heavy atom. The molecule has 0 amide bonds. The number of hydrogen-bond donors (Lipinski definition) is 1. The Bertz CT molecular complexity index is 549. The van der Waals surface area contributed by atoms with Gasteiger partial charge in [-0.15, -0.1) is 0 Å². The van der Waals surface area contributed by atoms with Crippen molar-refractivity contribution in [3.05, 3.63) is 48.0 Å². The zero-order valence-electron chi connectivity index (χ0n) is 12.1. The van der Waals surface area contributed by atoms with Crippen LogP contribution < -0.4 is 15.2 Å². The minimum Gasteiger partial charge on any atom is -0.497 e. The summed E-state index contributed by atoms with van der Waals surface area (Å²) in [6.07, 6.45) is 3.54. The van der Waals surface area contributed by atoms with Crippen LogP contribution in [-0.4, -0.2) is 7.11 Å². The Kier molecular flexibility index (Phi) is 4.88. The molecule has 3 heteroatoms. The Morgan fingerprint density at radius 3 is 2.30 bits per heavy atom. The average Bonchev–Trinajstić information content (AvgIpc) is 2.48. The molecule has 2 aromatic rings. The molecule has 0 aliphatic carbocycles. The van der Waals surface area contributed by atoms with Crippen LogP contribution in [0.4, 0.5) is 5.69 Å². The van der Waals surface area contributed by atoms with Gasteiger partial charge in [0.1, 0.15) is 11.5 Å². The van der Waals surface area contributed by atoms with Crippen LogP contribution in [0.3, 0.4) is 0 Å². The fourth-order valence-electron chi connectivity index (χ4n) is 1.98. The molecular weight excluding hydrogens is 250 g/mol. The van der Waals surface area contributed by atoms with Crippen molar-refractivity contribution in [1.82, 2.24) is 0 Å². The van der Waals surface area contributed by atoms with Gasteiger partial charge in [0, 0.05) is 6.07 Å². The summed E-state index contributed by atoms with van der Waals surface area (Å²) >= 11 is 0. The number of benzene rings is 2. The van der Waals surface area contributed by atoms with Gasteiger partial charge in [-0.25, -0.2) is 0 Å². The van der Waals surface area contributed by atoms with Gasteiger partial charge in [-0.1, -0.05) is 25.5 Å². The van der Waals surface area contributed by atoms with Gasteiger partial charge in [0.05, 0.1) is 12.8 Å². The van der Waals surface area contributed by atoms with E-state index >= 15 is 0 Å². The second-order valence-corrected chi connectivity index (χ2v) is 4.75. The number of anilines is 1. The van der Waals surface area contributed by atoms with E-state index in [4.69, 9.17) is 15.2 Å². The van der Waals surface area contributed by atoms with Crippen molar-refractivity contribution in [2.75, 3.05) is 12.8 Å². The van der Waals surface area contributed by atoms with E-state index in [1.54, 1.807) is 13.2 Å². The zero-order chi connectivity index (χ0) is 14.4. The molecule has 106 valence electrons. The Morgan fingerprint density at radius 2 is 1.70 bits per heavy atom. The number of ether oxygens (including phenoxy) is 2. The van der Waals surface area contributed by atoms with Crippen molar-refractivity contribution in [2.24, 2.45) is 0 Å². The monoisotopic (exact) mass is 271 g/mol. The summed E-state index contributed by atoms with van der Waals surface area (Å²) in [6, 6.07) is 13.6. The lowest BCUT2D eigenvalue weighted by Gasteiger charge is -2.10. The van der Waals surface area contributed by atoms with Crippen LogP contribution in [0, 0.1) is 0 Å². The third kappa shape index (κ3) is 3.67. The summed E-state index contributed by atoms with van der Waals surface area (Å²) < 4.78 is 10.9. The highest BCUT2D eigenvalue weighted by Gasteiger charge is 2.04. The number of methoxy groups -OCH3 is 1. The van der Waals surface area contributed by atoms with E-state index in [2.05, 4.69) is 19.1 Å². The van der Waals surface area contributed by atoms with Gasteiger partial charge in [-0.2, -0.15) is 0 Å². The van der Waals surface area contributed by atoms with Gasteiger partial charge < -0.3 is 15.2 Å². The first-order valence-electron chi connectivity index (χ1n) is 6.93. The molecular formula is C17H21NO2. The molecule has 0 fully saturated rings. The largest absolute Gasteiger partial charge is 0.497 e. The predicted molar refractivity (Wildman–Crippen MR) is 82.5 cm³/mol. The Hall–Kier alpha value is -2.16. The third-order valence-electron chi connectivity index (χ3n) is 3.19. The standard InChI is InChI=1S/C17H21NO2/c1-3-4-5-13-6-8-14(9-7-13)20-17-11-10-15(19-2)12-16(17)18/h6-12H,3-5,18H2,1-2H3. The first kappa shape index (κ1) is 14.3. The number of unbranched alkanes of at least 4 members (excludes halogenated alkanes) is 1. The molecule has 0 unspecified atom stereocenters. The lowest BCUT2D eigenvalue weighted by molar-refractivity contribution is 0.413. The molecule has 0 saturated carbocycles. The first-order chi connectivity index (χ1) is 9.72. The molecule has 2 rings (SSSR count). The molecule has 3 nitrogen and oxygen atoms in total. The van der Waals surface area contributed by atoms with E-state index in [0.29, 0.717) is 11.4 Å². The minimum atomic E-state index is 0.569. The molecule has 0 bridgehead atoms. The van der Waals surface area contributed by atoms with Crippen molar-refractivity contribution in [3.8, 4) is 17.2 Å². The van der Waals surface area contributed by atoms with Crippen molar-refractivity contribution in [2.45, 2.75) is 26.2 Å². The highest BCUT2D eigenvalue weighted by atomic mass is 16.5. The van der Waals surface area contributed by atoms with Crippen LogP contribution in [0.5, 0.6) is 17.2 Å². The molecule has 0 atom stereocenters. The van der Waals surface area contributed by atoms with E-state index in [9.17, 15) is 0 Å². The Balaban J connectivity index is 2.06. The lowest BCUT2D eigenvalue weighted by atomic mass is 10.1. The third-order valence-corrected chi connectivity index (χ3v) is 3.19. The van der Waals surface area contributed by atoms with Crippen LogP contribution >= 0.6 is 0 Å². The van der Waals surface area contributed by atoms with E-state index in [1.807, 2.05) is 24.3 Å². The molecule has 2 N–H and O–H groups in total. The maximum Gasteiger partial charge on any atom is 0.150 e. The second kappa shape index (κ2) is 6.85. The van der Waals surface area contributed by atoms with Crippen molar-refractivity contribution in [3.63, 3.8) is 0 Å². The van der Waals surface area contributed by atoms with Gasteiger partial charge in [0.2, 0.25) is 0 Å². The summed E-state index contributed by atoms with van der Waals surface area (Å²) in [5.41, 5.74) is 7.84. The number of hydrogen-bond acceptors (Lipinski definition) is 3. The number of nitrogen functional groups attached to an aromatic ring is 1. The summed E-state index contributed by atoms with van der Waals surface area (Å²) in [7, 11) is 1.62. The fourth-order valence-corrected chi connectivity index (χ4v) is 1.98. The highest BCUT2D eigenvalue weighted by Crippen LogP contribution is 2.30. The molecule has 20 heavy (non-hydrogen) atoms. The number of nitrogens with two attached hydrogens (primary N) is 1. The van der Waals surface area contributed by atoms with Crippen molar-refractivity contribution >= 4 is 5.69 Å². The summed E-state index contributed by atoms with van der Waals surface area (Å²) in [6.45, 7) is 2.20. The molecule has 0 aliphatic heterocycles. The zero-order valence-corrected chi connectivity index (χ0v) is 12.1. The first-order valence-corrected chi connectivity index (χ1v) is 6.93. The van der Waals surface area contributed by atoms with Gasteiger partial charge >= 0.3 is 0 Å². The lowest BCUT2D eigenvalue weighted by Crippen LogP contribution is -1.93. The minimum absolute atomic E-state index is 0.569. The second-order valence-electron chi connectivity index (χ2n) is 4.75. The molecule has 0 spiro atoms. The van der Waals surface area contributed by atoms with Gasteiger partial charge in [0.15, 0.2) is 5.75 Å². The number of rotatable bonds is 6. The SMILES string of the molecule is CCCCc1ccc(Oc2ccc(OC)cc2N)cc1. The van der Waals surface area contributed by atoms with E-state index in [-0.39, 0.29) is 0 Å². The topological polar surface area (TPSA) is 44.5 Å². The van der Waals surface area contributed by atoms with Crippen LogP contribution in [0.1, 0.15) is 25.3 Å². The predicted octanol–water partition coefficient (Wildman–Crippen LogP) is 4.41. The van der Waals surface area contributed by atoms with E-state index in [1.165, 1.54) is 18.4 Å². The summed E-state index contributed by atoms with van der Waals surface area (Å²) in [4.78, 5) is 0. The van der Waals surface area contributed by atoms with Crippen LogP contribution in [0.25, 0.3) is 0 Å². The van der Waals surface area contributed by atoms with Crippen LogP contribution in [0.15, 0.2) is 42.5 Å². The fraction of sp³-hybridized carbons (Fsp3) is 0.294.